The molecule has 0 bridgehead atoms. The molecule has 2 rings (SSSR count). The lowest BCUT2D eigenvalue weighted by atomic mass is 10.1. The monoisotopic (exact) mass is 336 g/mol. The molecular weight excluding hydrogens is 316 g/mol. The van der Waals surface area contributed by atoms with Crippen LogP contribution in [-0.4, -0.2) is 33.6 Å². The van der Waals surface area contributed by atoms with Crippen LogP contribution >= 0.6 is 11.6 Å². The molecule has 23 heavy (non-hydrogen) atoms. The third-order valence-corrected chi connectivity index (χ3v) is 3.61. The summed E-state index contributed by atoms with van der Waals surface area (Å²) in [6.07, 6.45) is 3.52. The largest absolute Gasteiger partial charge is 0.393 e. The van der Waals surface area contributed by atoms with Crippen molar-refractivity contribution in [2.75, 3.05) is 11.9 Å². The Balaban J connectivity index is 1.89. The Morgan fingerprint density at radius 3 is 2.83 bits per heavy atom. The number of aliphatic hydroxyl groups excluding tert-OH is 1. The fourth-order valence-corrected chi connectivity index (χ4v) is 2.49. The number of nitrogens with one attached hydrogen (secondary N) is 2. The zero-order chi connectivity index (χ0) is 16.8. The van der Waals surface area contributed by atoms with Gasteiger partial charge in [-0.05, 0) is 31.4 Å². The van der Waals surface area contributed by atoms with Gasteiger partial charge in [0, 0.05) is 6.54 Å². The number of aliphatic hydroxyl groups is 1. The summed E-state index contributed by atoms with van der Waals surface area (Å²) in [5.41, 5.74) is 1.32. The first-order chi connectivity index (χ1) is 11.0. The van der Waals surface area contributed by atoms with Crippen molar-refractivity contribution in [1.82, 2.24) is 15.1 Å². The van der Waals surface area contributed by atoms with Crippen molar-refractivity contribution in [1.29, 1.82) is 0 Å². The summed E-state index contributed by atoms with van der Waals surface area (Å²) in [6, 6.07) is 7.03. The van der Waals surface area contributed by atoms with Crippen LogP contribution in [0.25, 0.3) is 5.69 Å². The Bertz CT molecular complexity index is 657. The molecule has 1 aromatic carbocycles. The van der Waals surface area contributed by atoms with Crippen molar-refractivity contribution >= 4 is 23.3 Å². The zero-order valence-electron chi connectivity index (χ0n) is 13.2. The van der Waals surface area contributed by atoms with Gasteiger partial charge in [-0.1, -0.05) is 30.7 Å². The smallest absolute Gasteiger partial charge is 0.319 e. The molecule has 6 nitrogen and oxygen atoms in total. The Hall–Kier alpha value is -2.05. The molecule has 2 amide bonds. The molecule has 0 saturated carbocycles. The van der Waals surface area contributed by atoms with Crippen molar-refractivity contribution in [3.8, 4) is 5.69 Å². The first-order valence-corrected chi connectivity index (χ1v) is 7.86. The van der Waals surface area contributed by atoms with Gasteiger partial charge in [0.05, 0.1) is 34.9 Å². The van der Waals surface area contributed by atoms with Crippen molar-refractivity contribution in [3.05, 3.63) is 41.7 Å². The second-order valence-electron chi connectivity index (χ2n) is 5.65. The van der Waals surface area contributed by atoms with Crippen LogP contribution < -0.4 is 10.6 Å². The van der Waals surface area contributed by atoms with Gasteiger partial charge in [-0.15, -0.1) is 0 Å². The number of anilines is 1. The van der Waals surface area contributed by atoms with E-state index in [4.69, 9.17) is 11.6 Å². The van der Waals surface area contributed by atoms with Crippen LogP contribution in [-0.2, 0) is 0 Å². The van der Waals surface area contributed by atoms with Gasteiger partial charge in [0.1, 0.15) is 0 Å². The maximum Gasteiger partial charge on any atom is 0.319 e. The average molecular weight is 337 g/mol. The first-order valence-electron chi connectivity index (χ1n) is 7.48. The topological polar surface area (TPSA) is 79.2 Å². The highest BCUT2D eigenvalue weighted by Gasteiger charge is 2.10. The highest BCUT2D eigenvalue weighted by molar-refractivity contribution is 6.32. The van der Waals surface area contributed by atoms with Crippen LogP contribution in [0.2, 0.25) is 5.02 Å². The molecular formula is C16H21ClN4O2. The lowest BCUT2D eigenvalue weighted by molar-refractivity contribution is 0.163. The van der Waals surface area contributed by atoms with Crippen LogP contribution in [0.3, 0.4) is 0 Å². The predicted molar refractivity (Wildman–Crippen MR) is 91.1 cm³/mol. The molecule has 0 aliphatic carbocycles. The van der Waals surface area contributed by atoms with Crippen molar-refractivity contribution in [2.24, 2.45) is 5.92 Å². The Morgan fingerprint density at radius 1 is 1.39 bits per heavy atom. The van der Waals surface area contributed by atoms with Gasteiger partial charge >= 0.3 is 6.03 Å². The second kappa shape index (κ2) is 7.99. The van der Waals surface area contributed by atoms with Gasteiger partial charge in [-0.2, -0.15) is 5.10 Å². The normalized spacial score (nSPS) is 13.4. The third kappa shape index (κ3) is 5.26. The molecule has 124 valence electrons. The Labute approximate surface area is 140 Å². The van der Waals surface area contributed by atoms with Gasteiger partial charge in [-0.25, -0.2) is 9.48 Å². The number of benzene rings is 1. The maximum atomic E-state index is 11.9. The van der Waals surface area contributed by atoms with E-state index in [0.29, 0.717) is 23.7 Å². The van der Waals surface area contributed by atoms with E-state index in [1.165, 1.54) is 0 Å². The summed E-state index contributed by atoms with van der Waals surface area (Å²) in [5, 5.41) is 19.6. The minimum Gasteiger partial charge on any atom is -0.393 e. The molecule has 0 spiro atoms. The minimum atomic E-state index is -0.372. The molecule has 0 aliphatic rings. The first kappa shape index (κ1) is 17.3. The van der Waals surface area contributed by atoms with Crippen molar-refractivity contribution in [2.45, 2.75) is 26.4 Å². The van der Waals surface area contributed by atoms with E-state index in [1.807, 2.05) is 25.1 Å². The lowest BCUT2D eigenvalue weighted by Crippen LogP contribution is -2.33. The predicted octanol–water partition coefficient (Wildman–Crippen LogP) is 3.05. The summed E-state index contributed by atoms with van der Waals surface area (Å²) >= 11 is 6.12. The molecule has 0 radical (unpaired) electrons. The number of nitrogens with zero attached hydrogens (tertiary/aromatic N) is 2. The van der Waals surface area contributed by atoms with Gasteiger partial charge in [0.15, 0.2) is 0 Å². The third-order valence-electron chi connectivity index (χ3n) is 3.29. The molecule has 7 heteroatoms. The number of carbonyl (C=O) groups is 1. The molecule has 3 N–H and O–H groups in total. The summed E-state index contributed by atoms with van der Waals surface area (Å²) in [7, 11) is 0. The number of hydrogen-bond donors (Lipinski definition) is 3. The van der Waals surface area contributed by atoms with E-state index in [1.54, 1.807) is 30.1 Å². The molecule has 2 atom stereocenters. The second-order valence-corrected chi connectivity index (χ2v) is 6.06. The molecule has 2 aromatic rings. The molecule has 0 aliphatic heterocycles. The van der Waals surface area contributed by atoms with E-state index >= 15 is 0 Å². The summed E-state index contributed by atoms with van der Waals surface area (Å²) in [6.45, 7) is 4.21. The number of para-hydroxylation sites is 1. The van der Waals surface area contributed by atoms with Crippen molar-refractivity contribution in [3.63, 3.8) is 0 Å². The van der Waals surface area contributed by atoms with Crippen molar-refractivity contribution < 1.29 is 9.90 Å². The number of halogens is 1. The standard InChI is InChI=1S/C16H21ClN4O2/c1-11(7-12(2)22)8-18-16(23)20-13-9-19-21(10-13)15-6-4-3-5-14(15)17/h3-6,9-12,22H,7-8H2,1-2H3,(H2,18,20,23)/t11-,12+/m0/s1. The van der Waals surface area contributed by atoms with Gasteiger partial charge < -0.3 is 15.7 Å². The van der Waals surface area contributed by atoms with E-state index < -0.39 is 0 Å². The van der Waals surface area contributed by atoms with E-state index in [0.717, 1.165) is 5.69 Å². The highest BCUT2D eigenvalue weighted by atomic mass is 35.5. The number of hydrogen-bond acceptors (Lipinski definition) is 3. The Kier molecular flexibility index (Phi) is 6.01. The quantitative estimate of drug-likeness (QED) is 0.758. The summed E-state index contributed by atoms with van der Waals surface area (Å²) < 4.78 is 1.61. The molecule has 0 saturated heterocycles. The van der Waals surface area contributed by atoms with E-state index in [-0.39, 0.29) is 18.1 Å². The van der Waals surface area contributed by atoms with Crippen LogP contribution in [0.1, 0.15) is 20.3 Å². The number of urea groups is 1. The molecule has 0 fully saturated rings. The van der Waals surface area contributed by atoms with Gasteiger partial charge in [-0.3, -0.25) is 0 Å². The van der Waals surface area contributed by atoms with Gasteiger partial charge in [0.25, 0.3) is 0 Å². The van der Waals surface area contributed by atoms with Gasteiger partial charge in [0.2, 0.25) is 0 Å². The number of aromatic nitrogens is 2. The van der Waals surface area contributed by atoms with Crippen LogP contribution in [0.15, 0.2) is 36.7 Å². The Morgan fingerprint density at radius 2 is 2.13 bits per heavy atom. The maximum absolute atomic E-state index is 11.9. The lowest BCUT2D eigenvalue weighted by Gasteiger charge is -2.14. The summed E-state index contributed by atoms with van der Waals surface area (Å²) in [5.74, 6) is 0.201. The highest BCUT2D eigenvalue weighted by Crippen LogP contribution is 2.20. The fraction of sp³-hybridized carbons (Fsp3) is 0.375. The molecule has 1 heterocycles. The molecule has 0 unspecified atom stereocenters. The zero-order valence-corrected chi connectivity index (χ0v) is 13.9. The fourth-order valence-electron chi connectivity index (χ4n) is 2.26. The van der Waals surface area contributed by atoms with E-state index in [9.17, 15) is 9.90 Å². The van der Waals surface area contributed by atoms with E-state index in [2.05, 4.69) is 15.7 Å². The van der Waals surface area contributed by atoms with Crippen LogP contribution in [0.4, 0.5) is 10.5 Å². The average Bonchev–Trinajstić information content (AvgIpc) is 2.93. The number of carbonyl (C=O) groups excluding carboxylic acids is 1. The number of rotatable bonds is 6. The van der Waals surface area contributed by atoms with Crippen LogP contribution in [0.5, 0.6) is 0 Å². The SMILES string of the molecule is C[C@H](CNC(=O)Nc1cnn(-c2ccccc2Cl)c1)C[C@@H](C)O. The number of amides is 2. The van der Waals surface area contributed by atoms with Crippen LogP contribution in [0, 0.1) is 5.92 Å². The minimum absolute atomic E-state index is 0.201. The summed E-state index contributed by atoms with van der Waals surface area (Å²) in [4.78, 5) is 11.9. The molecule has 1 aromatic heterocycles.